The SMILES string of the molecule is CC(CC1(C#N)CC1)C(=O)Nc1nn[nH]n1. The van der Waals surface area contributed by atoms with Crippen LogP contribution >= 0.6 is 0 Å². The van der Waals surface area contributed by atoms with Gasteiger partial charge in [-0.15, -0.1) is 5.10 Å². The predicted octanol–water partition coefficient (Wildman–Crippen LogP) is 0.468. The second-order valence-electron chi connectivity index (χ2n) is 4.22. The van der Waals surface area contributed by atoms with Gasteiger partial charge in [0.05, 0.1) is 11.5 Å². The van der Waals surface area contributed by atoms with Crippen LogP contribution in [0.2, 0.25) is 0 Å². The van der Waals surface area contributed by atoms with Crippen molar-refractivity contribution in [3.8, 4) is 6.07 Å². The van der Waals surface area contributed by atoms with Crippen LogP contribution in [0.25, 0.3) is 0 Å². The van der Waals surface area contributed by atoms with Crippen molar-refractivity contribution in [2.45, 2.75) is 26.2 Å². The summed E-state index contributed by atoms with van der Waals surface area (Å²) in [6.45, 7) is 1.80. The summed E-state index contributed by atoms with van der Waals surface area (Å²) >= 11 is 0. The highest BCUT2D eigenvalue weighted by atomic mass is 16.2. The molecule has 1 unspecified atom stereocenters. The number of anilines is 1. The van der Waals surface area contributed by atoms with Gasteiger partial charge in [0.2, 0.25) is 5.91 Å². The molecule has 1 aliphatic rings. The van der Waals surface area contributed by atoms with Gasteiger partial charge >= 0.3 is 0 Å². The Bertz CT molecular complexity index is 416. The van der Waals surface area contributed by atoms with Gasteiger partial charge in [-0.25, -0.2) is 0 Å². The summed E-state index contributed by atoms with van der Waals surface area (Å²) in [4.78, 5) is 11.7. The fraction of sp³-hybridized carbons (Fsp3) is 0.667. The van der Waals surface area contributed by atoms with Gasteiger partial charge < -0.3 is 0 Å². The molecular weight excluding hydrogens is 208 g/mol. The summed E-state index contributed by atoms with van der Waals surface area (Å²) in [7, 11) is 0. The number of H-pyrrole nitrogens is 1. The summed E-state index contributed by atoms with van der Waals surface area (Å²) in [5.74, 6) is -0.234. The van der Waals surface area contributed by atoms with Gasteiger partial charge in [0.25, 0.3) is 5.95 Å². The van der Waals surface area contributed by atoms with E-state index in [4.69, 9.17) is 5.26 Å². The van der Waals surface area contributed by atoms with E-state index in [1.165, 1.54) is 0 Å². The topological polar surface area (TPSA) is 107 Å². The first-order chi connectivity index (χ1) is 7.65. The maximum Gasteiger partial charge on any atom is 0.269 e. The molecule has 1 heterocycles. The van der Waals surface area contributed by atoms with Gasteiger partial charge in [-0.05, 0) is 24.5 Å². The number of amides is 1. The second kappa shape index (κ2) is 3.89. The fourth-order valence-electron chi connectivity index (χ4n) is 1.64. The molecule has 16 heavy (non-hydrogen) atoms. The molecule has 1 aliphatic carbocycles. The lowest BCUT2D eigenvalue weighted by Crippen LogP contribution is -2.23. The lowest BCUT2D eigenvalue weighted by molar-refractivity contribution is -0.119. The summed E-state index contributed by atoms with van der Waals surface area (Å²) < 4.78 is 0. The minimum absolute atomic E-state index is 0.165. The highest BCUT2D eigenvalue weighted by Crippen LogP contribution is 2.49. The average molecular weight is 220 g/mol. The van der Waals surface area contributed by atoms with E-state index < -0.39 is 0 Å². The van der Waals surface area contributed by atoms with E-state index >= 15 is 0 Å². The molecular formula is C9H12N6O. The third-order valence-corrected chi connectivity index (χ3v) is 2.82. The maximum atomic E-state index is 11.7. The van der Waals surface area contributed by atoms with Gasteiger partial charge in [0, 0.05) is 5.92 Å². The van der Waals surface area contributed by atoms with Gasteiger partial charge in [0.15, 0.2) is 0 Å². The normalized spacial score (nSPS) is 18.5. The van der Waals surface area contributed by atoms with Crippen LogP contribution in [0.3, 0.4) is 0 Å². The molecule has 1 fully saturated rings. The molecule has 1 aromatic heterocycles. The Kier molecular flexibility index (Phi) is 2.56. The number of aromatic amines is 1. The first kappa shape index (κ1) is 10.5. The third-order valence-electron chi connectivity index (χ3n) is 2.82. The number of rotatable bonds is 4. The number of hydrogen-bond donors (Lipinski definition) is 2. The predicted molar refractivity (Wildman–Crippen MR) is 53.9 cm³/mol. The van der Waals surface area contributed by atoms with Crippen molar-refractivity contribution in [1.82, 2.24) is 20.6 Å². The Morgan fingerprint density at radius 2 is 2.50 bits per heavy atom. The van der Waals surface area contributed by atoms with Crippen molar-refractivity contribution in [2.75, 3.05) is 5.32 Å². The monoisotopic (exact) mass is 220 g/mol. The summed E-state index contributed by atoms with van der Waals surface area (Å²) in [6, 6.07) is 2.27. The molecule has 84 valence electrons. The highest BCUT2D eigenvalue weighted by Gasteiger charge is 2.45. The molecule has 7 heteroatoms. The molecule has 1 aromatic rings. The minimum Gasteiger partial charge on any atom is -0.292 e. The highest BCUT2D eigenvalue weighted by molar-refractivity contribution is 5.90. The smallest absolute Gasteiger partial charge is 0.269 e. The van der Waals surface area contributed by atoms with Crippen LogP contribution in [0, 0.1) is 22.7 Å². The number of carbonyl (C=O) groups is 1. The van der Waals surface area contributed by atoms with Crippen molar-refractivity contribution < 1.29 is 4.79 Å². The minimum atomic E-state index is -0.270. The number of carbonyl (C=O) groups excluding carboxylic acids is 1. The molecule has 0 aromatic carbocycles. The average Bonchev–Trinajstić information content (AvgIpc) is 2.85. The van der Waals surface area contributed by atoms with E-state index in [1.807, 2.05) is 0 Å². The van der Waals surface area contributed by atoms with Gasteiger partial charge in [-0.3, -0.25) is 10.1 Å². The van der Waals surface area contributed by atoms with Crippen LogP contribution in [0.5, 0.6) is 0 Å². The Balaban J connectivity index is 1.88. The zero-order valence-electron chi connectivity index (χ0n) is 8.90. The standard InChI is InChI=1S/C9H12N6O/c1-6(4-9(5-10)2-3-9)7(16)11-8-12-14-15-13-8/h6H,2-4H2,1H3,(H2,11,12,13,14,15,16). The van der Waals surface area contributed by atoms with Gasteiger partial charge in [-0.2, -0.15) is 10.5 Å². The van der Waals surface area contributed by atoms with Crippen molar-refractivity contribution >= 4 is 11.9 Å². The lowest BCUT2D eigenvalue weighted by atomic mass is 9.94. The zero-order chi connectivity index (χ0) is 11.6. The van der Waals surface area contributed by atoms with E-state index in [2.05, 4.69) is 32.0 Å². The molecule has 0 spiro atoms. The van der Waals surface area contributed by atoms with Crippen molar-refractivity contribution in [3.05, 3.63) is 0 Å². The summed E-state index contributed by atoms with van der Waals surface area (Å²) in [6.07, 6.45) is 2.37. The first-order valence-corrected chi connectivity index (χ1v) is 5.11. The largest absolute Gasteiger partial charge is 0.292 e. The number of nitrogens with one attached hydrogen (secondary N) is 2. The van der Waals surface area contributed by atoms with Crippen LogP contribution in [0.4, 0.5) is 5.95 Å². The zero-order valence-corrected chi connectivity index (χ0v) is 8.90. The molecule has 7 nitrogen and oxygen atoms in total. The molecule has 2 N–H and O–H groups in total. The van der Waals surface area contributed by atoms with E-state index in [1.54, 1.807) is 6.92 Å². The van der Waals surface area contributed by atoms with E-state index in [9.17, 15) is 4.79 Å². The number of nitrogens with zero attached hydrogens (tertiary/aromatic N) is 4. The Hall–Kier alpha value is -1.97. The van der Waals surface area contributed by atoms with Crippen LogP contribution in [0.15, 0.2) is 0 Å². The molecule has 1 saturated carbocycles. The maximum absolute atomic E-state index is 11.7. The van der Waals surface area contributed by atoms with Gasteiger partial charge in [0.1, 0.15) is 0 Å². The number of aromatic nitrogens is 4. The van der Waals surface area contributed by atoms with Crippen molar-refractivity contribution in [2.24, 2.45) is 11.3 Å². The lowest BCUT2D eigenvalue weighted by Gasteiger charge is -2.12. The number of tetrazole rings is 1. The molecule has 0 radical (unpaired) electrons. The Morgan fingerprint density at radius 1 is 1.75 bits per heavy atom. The van der Waals surface area contributed by atoms with Crippen LogP contribution in [-0.4, -0.2) is 26.5 Å². The molecule has 0 saturated heterocycles. The van der Waals surface area contributed by atoms with E-state index in [0.29, 0.717) is 6.42 Å². The van der Waals surface area contributed by atoms with E-state index in [0.717, 1.165) is 12.8 Å². The first-order valence-electron chi connectivity index (χ1n) is 5.11. The van der Waals surface area contributed by atoms with Crippen molar-refractivity contribution in [3.63, 3.8) is 0 Å². The summed E-state index contributed by atoms with van der Waals surface area (Å²) in [5.41, 5.74) is -0.270. The molecule has 2 rings (SSSR count). The van der Waals surface area contributed by atoms with Gasteiger partial charge in [-0.1, -0.05) is 12.0 Å². The summed E-state index contributed by atoms with van der Waals surface area (Å²) in [5, 5.41) is 24.3. The fourth-order valence-corrected chi connectivity index (χ4v) is 1.64. The number of hydrogen-bond acceptors (Lipinski definition) is 5. The molecule has 0 aliphatic heterocycles. The van der Waals surface area contributed by atoms with E-state index in [-0.39, 0.29) is 23.2 Å². The quantitative estimate of drug-likeness (QED) is 0.766. The van der Waals surface area contributed by atoms with Crippen molar-refractivity contribution in [1.29, 1.82) is 5.26 Å². The third kappa shape index (κ3) is 2.16. The molecule has 0 bridgehead atoms. The molecule has 1 amide bonds. The number of nitriles is 1. The molecule has 1 atom stereocenters. The Labute approximate surface area is 92.2 Å². The van der Waals surface area contributed by atoms with Crippen LogP contribution in [0.1, 0.15) is 26.2 Å². The second-order valence-corrected chi connectivity index (χ2v) is 4.22. The Morgan fingerprint density at radius 3 is 3.00 bits per heavy atom. The van der Waals surface area contributed by atoms with Crippen LogP contribution < -0.4 is 5.32 Å². The van der Waals surface area contributed by atoms with Crippen LogP contribution in [-0.2, 0) is 4.79 Å².